The van der Waals surface area contributed by atoms with Crippen LogP contribution in [0.25, 0.3) is 0 Å². The van der Waals surface area contributed by atoms with Crippen molar-refractivity contribution in [2.24, 2.45) is 0 Å². The van der Waals surface area contributed by atoms with Crippen molar-refractivity contribution >= 4 is 0 Å². The van der Waals surface area contributed by atoms with E-state index in [1.54, 1.807) is 0 Å². The summed E-state index contributed by atoms with van der Waals surface area (Å²) in [6.07, 6.45) is -1.36. The molecule has 3 aromatic carbocycles. The highest BCUT2D eigenvalue weighted by atomic mass is 16.7. The summed E-state index contributed by atoms with van der Waals surface area (Å²) in [5.41, 5.74) is 3.61. The fourth-order valence-electron chi connectivity index (χ4n) is 5.05. The van der Waals surface area contributed by atoms with Gasteiger partial charge < -0.3 is 14.6 Å². The van der Waals surface area contributed by atoms with Gasteiger partial charge in [0.05, 0.1) is 25.3 Å². The fraction of sp³-hybridized carbons (Fsp3) is 0.357. The van der Waals surface area contributed by atoms with E-state index in [1.165, 1.54) is 11.1 Å². The van der Waals surface area contributed by atoms with Crippen molar-refractivity contribution in [1.82, 2.24) is 9.80 Å². The number of aliphatic hydroxyl groups is 1. The minimum absolute atomic E-state index is 0.0582. The monoisotopic (exact) mass is 444 g/mol. The van der Waals surface area contributed by atoms with Gasteiger partial charge in [-0.1, -0.05) is 91.0 Å². The molecule has 0 bridgehead atoms. The lowest BCUT2D eigenvalue weighted by Gasteiger charge is -2.53. The third-order valence-corrected chi connectivity index (χ3v) is 6.73. The summed E-state index contributed by atoms with van der Waals surface area (Å²) in [4.78, 5) is 4.87. The van der Waals surface area contributed by atoms with Crippen molar-refractivity contribution < 1.29 is 14.6 Å². The Morgan fingerprint density at radius 3 is 1.85 bits per heavy atom. The second kappa shape index (κ2) is 10.6. The summed E-state index contributed by atoms with van der Waals surface area (Å²) in [5, 5.41) is 11.5. The molecular weight excluding hydrogens is 412 g/mol. The maximum absolute atomic E-state index is 11.5. The van der Waals surface area contributed by atoms with Crippen LogP contribution < -0.4 is 0 Å². The SMILES string of the molecule is O[C@H]1[C@@H](OCc2ccccc2)OC[C@H]2[C@@H]1N(Cc1ccccc1)CCN2Cc1ccccc1. The van der Waals surface area contributed by atoms with Crippen LogP contribution in [0.2, 0.25) is 0 Å². The fourth-order valence-corrected chi connectivity index (χ4v) is 5.05. The van der Waals surface area contributed by atoms with E-state index in [4.69, 9.17) is 9.47 Å². The van der Waals surface area contributed by atoms with Gasteiger partial charge in [-0.3, -0.25) is 9.80 Å². The molecule has 0 unspecified atom stereocenters. The molecule has 2 aliphatic heterocycles. The van der Waals surface area contributed by atoms with Crippen molar-refractivity contribution in [3.8, 4) is 0 Å². The largest absolute Gasteiger partial charge is 0.386 e. The molecule has 0 radical (unpaired) electrons. The highest BCUT2D eigenvalue weighted by Crippen LogP contribution is 2.30. The Morgan fingerprint density at radius 2 is 1.24 bits per heavy atom. The second-order valence-corrected chi connectivity index (χ2v) is 8.96. The predicted octanol–water partition coefficient (Wildman–Crippen LogP) is 3.68. The lowest BCUT2D eigenvalue weighted by Crippen LogP contribution is -2.69. The number of hydrogen-bond acceptors (Lipinski definition) is 5. The molecule has 172 valence electrons. The maximum atomic E-state index is 11.5. The van der Waals surface area contributed by atoms with E-state index >= 15 is 0 Å². The standard InChI is InChI=1S/C28H32N2O3/c31-27-26-25(21-33-28(27)32-20-24-14-8-3-9-15-24)29(18-22-10-4-1-5-11-22)16-17-30(26)19-23-12-6-2-7-13-23/h1-15,25-28,31H,16-21H2/t25-,26-,27+,28-/m0/s1. The average molecular weight is 445 g/mol. The first-order chi connectivity index (χ1) is 16.3. The van der Waals surface area contributed by atoms with E-state index < -0.39 is 12.4 Å². The highest BCUT2D eigenvalue weighted by molar-refractivity contribution is 5.18. The van der Waals surface area contributed by atoms with Gasteiger partial charge in [-0.2, -0.15) is 0 Å². The summed E-state index contributed by atoms with van der Waals surface area (Å²) in [6.45, 7) is 4.46. The summed E-state index contributed by atoms with van der Waals surface area (Å²) < 4.78 is 12.2. The number of aliphatic hydroxyl groups excluding tert-OH is 1. The van der Waals surface area contributed by atoms with E-state index in [0.29, 0.717) is 13.2 Å². The predicted molar refractivity (Wildman–Crippen MR) is 128 cm³/mol. The zero-order valence-electron chi connectivity index (χ0n) is 18.9. The lowest BCUT2D eigenvalue weighted by molar-refractivity contribution is -0.263. The first-order valence-corrected chi connectivity index (χ1v) is 11.8. The van der Waals surface area contributed by atoms with Crippen LogP contribution in [0.5, 0.6) is 0 Å². The molecule has 2 saturated heterocycles. The number of piperazine rings is 1. The normalized spacial score (nSPS) is 26.1. The summed E-state index contributed by atoms with van der Waals surface area (Å²) in [6, 6.07) is 31.1. The number of nitrogens with zero attached hydrogens (tertiary/aromatic N) is 2. The van der Waals surface area contributed by atoms with E-state index in [0.717, 1.165) is 31.7 Å². The van der Waals surface area contributed by atoms with E-state index in [1.807, 2.05) is 42.5 Å². The molecule has 2 aliphatic rings. The minimum atomic E-state index is -0.727. The van der Waals surface area contributed by atoms with Gasteiger partial charge in [0.2, 0.25) is 0 Å². The molecule has 0 aliphatic carbocycles. The lowest BCUT2D eigenvalue weighted by atomic mass is 9.92. The Kier molecular flexibility index (Phi) is 7.15. The molecule has 5 heteroatoms. The van der Waals surface area contributed by atoms with Crippen molar-refractivity contribution in [2.45, 2.75) is 44.2 Å². The number of ether oxygens (including phenoxy) is 2. The third kappa shape index (κ3) is 5.35. The molecule has 1 N–H and O–H groups in total. The highest BCUT2D eigenvalue weighted by Gasteiger charge is 2.47. The molecule has 2 fully saturated rings. The zero-order valence-corrected chi connectivity index (χ0v) is 18.9. The second-order valence-electron chi connectivity index (χ2n) is 8.96. The Labute approximate surface area is 196 Å². The molecule has 0 aromatic heterocycles. The van der Waals surface area contributed by atoms with Gasteiger partial charge in [-0.25, -0.2) is 0 Å². The van der Waals surface area contributed by atoms with Crippen LogP contribution in [0.3, 0.4) is 0 Å². The summed E-state index contributed by atoms with van der Waals surface area (Å²) in [5.74, 6) is 0. The minimum Gasteiger partial charge on any atom is -0.386 e. The smallest absolute Gasteiger partial charge is 0.185 e. The molecule has 5 rings (SSSR count). The molecule has 0 amide bonds. The van der Waals surface area contributed by atoms with Crippen molar-refractivity contribution in [3.63, 3.8) is 0 Å². The van der Waals surface area contributed by atoms with Crippen LogP contribution in [-0.4, -0.2) is 59.1 Å². The molecule has 0 spiro atoms. The van der Waals surface area contributed by atoms with Gasteiger partial charge in [-0.05, 0) is 16.7 Å². The first-order valence-electron chi connectivity index (χ1n) is 11.8. The van der Waals surface area contributed by atoms with Gasteiger partial charge in [0.1, 0.15) is 6.10 Å². The van der Waals surface area contributed by atoms with Gasteiger partial charge in [0.15, 0.2) is 6.29 Å². The Morgan fingerprint density at radius 1 is 0.727 bits per heavy atom. The van der Waals surface area contributed by atoms with Crippen LogP contribution in [0, 0.1) is 0 Å². The van der Waals surface area contributed by atoms with Crippen LogP contribution >= 0.6 is 0 Å². The molecule has 5 nitrogen and oxygen atoms in total. The first kappa shape index (κ1) is 22.3. The number of rotatable bonds is 7. The molecular formula is C28H32N2O3. The van der Waals surface area contributed by atoms with Gasteiger partial charge in [0.25, 0.3) is 0 Å². The van der Waals surface area contributed by atoms with Crippen LogP contribution in [-0.2, 0) is 29.2 Å². The maximum Gasteiger partial charge on any atom is 0.185 e. The third-order valence-electron chi connectivity index (χ3n) is 6.73. The van der Waals surface area contributed by atoms with Crippen molar-refractivity contribution in [1.29, 1.82) is 0 Å². The summed E-state index contributed by atoms with van der Waals surface area (Å²) >= 11 is 0. The van der Waals surface area contributed by atoms with Crippen LogP contribution in [0.15, 0.2) is 91.0 Å². The van der Waals surface area contributed by atoms with Gasteiger partial charge in [-0.15, -0.1) is 0 Å². The van der Waals surface area contributed by atoms with Crippen molar-refractivity contribution in [3.05, 3.63) is 108 Å². The molecule has 4 atom stereocenters. The van der Waals surface area contributed by atoms with Crippen molar-refractivity contribution in [2.75, 3.05) is 19.7 Å². The quantitative estimate of drug-likeness (QED) is 0.602. The topological polar surface area (TPSA) is 45.2 Å². The van der Waals surface area contributed by atoms with Crippen LogP contribution in [0.4, 0.5) is 0 Å². The Balaban J connectivity index is 1.33. The summed E-state index contributed by atoms with van der Waals surface area (Å²) in [7, 11) is 0. The number of hydrogen-bond donors (Lipinski definition) is 1. The molecule has 33 heavy (non-hydrogen) atoms. The van der Waals surface area contributed by atoms with Gasteiger partial charge >= 0.3 is 0 Å². The number of benzene rings is 3. The van der Waals surface area contributed by atoms with E-state index in [2.05, 4.69) is 58.3 Å². The van der Waals surface area contributed by atoms with Crippen LogP contribution in [0.1, 0.15) is 16.7 Å². The van der Waals surface area contributed by atoms with Gasteiger partial charge in [0, 0.05) is 26.2 Å². The zero-order chi connectivity index (χ0) is 22.5. The van der Waals surface area contributed by atoms with E-state index in [-0.39, 0.29) is 12.1 Å². The number of fused-ring (bicyclic) bond motifs is 1. The molecule has 0 saturated carbocycles. The molecule has 3 aromatic rings. The van der Waals surface area contributed by atoms with E-state index in [9.17, 15) is 5.11 Å². The Bertz CT molecular complexity index is 986. The average Bonchev–Trinajstić information content (AvgIpc) is 2.87. The molecule has 2 heterocycles. The Hall–Kier alpha value is -2.54.